The predicted molar refractivity (Wildman–Crippen MR) is 88.0 cm³/mol. The molecule has 0 amide bonds. The summed E-state index contributed by atoms with van der Waals surface area (Å²) in [5.41, 5.74) is 4.92. The molecule has 3 rings (SSSR count). The Hall–Kier alpha value is -1.51. The van der Waals surface area contributed by atoms with Crippen molar-refractivity contribution in [1.29, 1.82) is 0 Å². The Morgan fingerprint density at radius 2 is 1.95 bits per heavy atom. The van der Waals surface area contributed by atoms with Crippen LogP contribution in [-0.2, 0) is 6.42 Å². The second-order valence-corrected chi connectivity index (χ2v) is 6.12. The summed E-state index contributed by atoms with van der Waals surface area (Å²) in [6.45, 7) is 4.09. The van der Waals surface area contributed by atoms with E-state index in [1.54, 1.807) is 6.07 Å². The molecule has 1 N–H and O–H groups in total. The molecule has 0 saturated carbocycles. The van der Waals surface area contributed by atoms with Gasteiger partial charge in [0.2, 0.25) is 0 Å². The minimum absolute atomic E-state index is 0.258. The second-order valence-electron chi connectivity index (χ2n) is 4.80. The van der Waals surface area contributed by atoms with Crippen molar-refractivity contribution in [2.24, 2.45) is 0 Å². The molecule has 0 spiro atoms. The van der Waals surface area contributed by atoms with Crippen LogP contribution in [0.3, 0.4) is 0 Å². The number of hydrogen-bond acceptors (Lipinski definition) is 1. The van der Waals surface area contributed by atoms with E-state index in [1.165, 1.54) is 0 Å². The normalized spacial score (nSPS) is 13.9. The molecule has 20 heavy (non-hydrogen) atoms. The predicted octanol–water partition coefficient (Wildman–Crippen LogP) is 5.46. The maximum absolute atomic E-state index is 10.1. The van der Waals surface area contributed by atoms with Gasteiger partial charge >= 0.3 is 0 Å². The van der Waals surface area contributed by atoms with Crippen LogP contribution in [0.25, 0.3) is 11.1 Å². The molecule has 0 atom stereocenters. The molecular weight excluding hydrogens is 336 g/mol. The van der Waals surface area contributed by atoms with Crippen molar-refractivity contribution in [2.45, 2.75) is 6.42 Å². The molecule has 0 radical (unpaired) electrons. The average molecular weight is 348 g/mol. The Morgan fingerprint density at radius 1 is 1.15 bits per heavy atom. The van der Waals surface area contributed by atoms with Gasteiger partial charge in [-0.2, -0.15) is 0 Å². The first-order valence-corrected chi connectivity index (χ1v) is 7.39. The molecule has 0 aromatic heterocycles. The van der Waals surface area contributed by atoms with Crippen LogP contribution in [0.4, 0.5) is 0 Å². The number of aromatic hydroxyl groups is 1. The fraction of sp³-hybridized carbons (Fsp3) is 0.0588. The van der Waals surface area contributed by atoms with Gasteiger partial charge < -0.3 is 5.11 Å². The molecule has 1 aliphatic carbocycles. The van der Waals surface area contributed by atoms with Gasteiger partial charge in [0.1, 0.15) is 5.75 Å². The van der Waals surface area contributed by atoms with E-state index in [9.17, 15) is 5.11 Å². The van der Waals surface area contributed by atoms with Crippen LogP contribution in [0.2, 0.25) is 5.02 Å². The number of hydrogen-bond donors (Lipinski definition) is 1. The molecule has 3 heteroatoms. The third kappa shape index (κ3) is 2.30. The number of allylic oxidation sites excluding steroid dienone is 3. The summed E-state index contributed by atoms with van der Waals surface area (Å²) in [6.07, 6.45) is 2.71. The first-order chi connectivity index (χ1) is 9.56. The molecular formula is C17H12BrClO. The second kappa shape index (κ2) is 5.12. The number of phenols is 1. The Kier molecular flexibility index (Phi) is 3.45. The van der Waals surface area contributed by atoms with Crippen molar-refractivity contribution in [3.05, 3.63) is 75.2 Å². The van der Waals surface area contributed by atoms with Crippen molar-refractivity contribution in [1.82, 2.24) is 0 Å². The average Bonchev–Trinajstić information content (AvgIpc) is 2.40. The first-order valence-electron chi connectivity index (χ1n) is 6.22. The molecule has 1 nitrogen and oxygen atoms in total. The van der Waals surface area contributed by atoms with Crippen LogP contribution in [0, 0.1) is 0 Å². The van der Waals surface area contributed by atoms with E-state index < -0.39 is 0 Å². The van der Waals surface area contributed by atoms with Gasteiger partial charge in [0.15, 0.2) is 0 Å². The minimum atomic E-state index is 0.258. The summed E-state index contributed by atoms with van der Waals surface area (Å²) < 4.78 is 0.854. The largest absolute Gasteiger partial charge is 0.507 e. The molecule has 0 bridgehead atoms. The van der Waals surface area contributed by atoms with Gasteiger partial charge in [-0.25, -0.2) is 0 Å². The molecule has 0 fully saturated rings. The van der Waals surface area contributed by atoms with E-state index in [0.717, 1.165) is 37.3 Å². The Balaban J connectivity index is 2.10. The minimum Gasteiger partial charge on any atom is -0.507 e. The van der Waals surface area contributed by atoms with E-state index in [1.807, 2.05) is 36.4 Å². The van der Waals surface area contributed by atoms with E-state index in [0.29, 0.717) is 6.42 Å². The number of fused-ring (bicyclic) bond motifs is 1. The van der Waals surface area contributed by atoms with Crippen LogP contribution in [0.15, 0.2) is 53.5 Å². The SMILES string of the molecule is C=C1C=C(c2ccc(Br)cc2O)Cc2c(Cl)cccc21. The smallest absolute Gasteiger partial charge is 0.124 e. The molecule has 0 heterocycles. The maximum Gasteiger partial charge on any atom is 0.124 e. The van der Waals surface area contributed by atoms with Crippen molar-refractivity contribution in [3.63, 3.8) is 0 Å². The number of halogens is 2. The standard InChI is InChI=1S/C17H12BrClO/c1-10-7-11(14-6-5-12(18)9-17(14)20)8-15-13(10)3-2-4-16(15)19/h2-7,9,20H,1,8H2. The Labute approximate surface area is 131 Å². The highest BCUT2D eigenvalue weighted by Gasteiger charge is 2.19. The van der Waals surface area contributed by atoms with Gasteiger partial charge in [-0.15, -0.1) is 0 Å². The highest BCUT2D eigenvalue weighted by Crippen LogP contribution is 2.39. The summed E-state index contributed by atoms with van der Waals surface area (Å²) >= 11 is 9.64. The molecule has 0 unspecified atom stereocenters. The van der Waals surface area contributed by atoms with Gasteiger partial charge in [-0.1, -0.05) is 52.3 Å². The zero-order chi connectivity index (χ0) is 14.3. The van der Waals surface area contributed by atoms with Crippen molar-refractivity contribution >= 4 is 38.7 Å². The van der Waals surface area contributed by atoms with Crippen LogP contribution in [0.1, 0.15) is 16.7 Å². The topological polar surface area (TPSA) is 20.2 Å². The van der Waals surface area contributed by atoms with Gasteiger partial charge in [0.05, 0.1) is 0 Å². The lowest BCUT2D eigenvalue weighted by molar-refractivity contribution is 0.473. The van der Waals surface area contributed by atoms with E-state index >= 15 is 0 Å². The summed E-state index contributed by atoms with van der Waals surface area (Å²) in [5.74, 6) is 0.258. The first kappa shape index (κ1) is 13.5. The maximum atomic E-state index is 10.1. The van der Waals surface area contributed by atoms with Crippen molar-refractivity contribution < 1.29 is 5.11 Å². The fourth-order valence-corrected chi connectivity index (χ4v) is 3.11. The van der Waals surface area contributed by atoms with Crippen molar-refractivity contribution in [3.8, 4) is 5.75 Å². The lowest BCUT2D eigenvalue weighted by atomic mass is 9.85. The fourth-order valence-electron chi connectivity index (χ4n) is 2.52. The Bertz CT molecular complexity index is 747. The van der Waals surface area contributed by atoms with Gasteiger partial charge in [0.25, 0.3) is 0 Å². The summed E-state index contributed by atoms with van der Waals surface area (Å²) in [4.78, 5) is 0. The highest BCUT2D eigenvalue weighted by atomic mass is 79.9. The molecule has 100 valence electrons. The van der Waals surface area contributed by atoms with E-state index in [4.69, 9.17) is 11.6 Å². The third-order valence-electron chi connectivity index (χ3n) is 3.49. The van der Waals surface area contributed by atoms with Crippen molar-refractivity contribution in [2.75, 3.05) is 0 Å². The van der Waals surface area contributed by atoms with Crippen LogP contribution in [0.5, 0.6) is 5.75 Å². The molecule has 0 aliphatic heterocycles. The van der Waals surface area contributed by atoms with Crippen LogP contribution < -0.4 is 0 Å². The zero-order valence-electron chi connectivity index (χ0n) is 10.7. The lowest BCUT2D eigenvalue weighted by Gasteiger charge is -2.20. The number of benzene rings is 2. The molecule has 1 aliphatic rings. The number of phenolic OH excluding ortho intramolecular Hbond substituents is 1. The van der Waals surface area contributed by atoms with E-state index in [2.05, 4.69) is 22.5 Å². The third-order valence-corrected chi connectivity index (χ3v) is 4.33. The summed E-state index contributed by atoms with van der Waals surface area (Å²) in [7, 11) is 0. The molecule has 2 aromatic carbocycles. The zero-order valence-corrected chi connectivity index (χ0v) is 13.0. The van der Waals surface area contributed by atoms with Crippen LogP contribution >= 0.6 is 27.5 Å². The lowest BCUT2D eigenvalue weighted by Crippen LogP contribution is -2.02. The van der Waals surface area contributed by atoms with E-state index in [-0.39, 0.29) is 5.75 Å². The highest BCUT2D eigenvalue weighted by molar-refractivity contribution is 9.10. The molecule has 2 aromatic rings. The summed E-state index contributed by atoms with van der Waals surface area (Å²) in [5, 5.41) is 10.9. The van der Waals surface area contributed by atoms with Gasteiger partial charge in [0, 0.05) is 21.5 Å². The molecule has 0 saturated heterocycles. The number of rotatable bonds is 1. The van der Waals surface area contributed by atoms with Gasteiger partial charge in [-0.3, -0.25) is 0 Å². The van der Waals surface area contributed by atoms with Crippen LogP contribution in [-0.4, -0.2) is 5.11 Å². The summed E-state index contributed by atoms with van der Waals surface area (Å²) in [6, 6.07) is 11.4. The Morgan fingerprint density at radius 3 is 2.70 bits per heavy atom. The van der Waals surface area contributed by atoms with Gasteiger partial charge in [-0.05, 0) is 46.5 Å². The monoisotopic (exact) mass is 346 g/mol. The quantitative estimate of drug-likeness (QED) is 0.726.